The zero-order valence-corrected chi connectivity index (χ0v) is 11.9. The number of rotatable bonds is 5. The topological polar surface area (TPSA) is 32.3 Å². The molecule has 0 saturated carbocycles. The predicted octanol–water partition coefficient (Wildman–Crippen LogP) is 4.07. The number of aliphatic hydroxyl groups excluding tert-OH is 1. The van der Waals surface area contributed by atoms with Gasteiger partial charge in [0.15, 0.2) is 0 Å². The molecule has 1 rings (SSSR count). The van der Waals surface area contributed by atoms with Crippen molar-refractivity contribution in [3.8, 4) is 0 Å². The standard InChI is InChI=1S/C12H17BrClNO/c1-3-6-12(2,8-16)15-9-4-5-11(14)10(13)7-9/h4-5,7,15-16H,3,6,8H2,1-2H3. The summed E-state index contributed by atoms with van der Waals surface area (Å²) >= 11 is 9.30. The molecule has 16 heavy (non-hydrogen) atoms. The molecule has 4 heteroatoms. The summed E-state index contributed by atoms with van der Waals surface area (Å²) in [6.07, 6.45) is 1.95. The Bertz CT molecular complexity index is 359. The second kappa shape index (κ2) is 5.89. The predicted molar refractivity (Wildman–Crippen MR) is 73.2 cm³/mol. The molecular weight excluding hydrogens is 289 g/mol. The first-order chi connectivity index (χ1) is 7.50. The van der Waals surface area contributed by atoms with Crippen LogP contribution in [0.25, 0.3) is 0 Å². The summed E-state index contributed by atoms with van der Waals surface area (Å²) in [7, 11) is 0. The molecule has 0 aliphatic carbocycles. The highest BCUT2D eigenvalue weighted by Crippen LogP contribution is 2.28. The van der Waals surface area contributed by atoms with Crippen LogP contribution in [0.4, 0.5) is 5.69 Å². The summed E-state index contributed by atoms with van der Waals surface area (Å²) < 4.78 is 0.857. The molecule has 90 valence electrons. The molecule has 0 saturated heterocycles. The van der Waals surface area contributed by atoms with Crippen molar-refractivity contribution in [1.29, 1.82) is 0 Å². The van der Waals surface area contributed by atoms with E-state index in [1.807, 2.05) is 25.1 Å². The van der Waals surface area contributed by atoms with Gasteiger partial charge in [-0.3, -0.25) is 0 Å². The Balaban J connectivity index is 2.81. The molecule has 1 atom stereocenters. The fourth-order valence-corrected chi connectivity index (χ4v) is 2.15. The van der Waals surface area contributed by atoms with Crippen LogP contribution in [0.15, 0.2) is 22.7 Å². The summed E-state index contributed by atoms with van der Waals surface area (Å²) in [6.45, 7) is 4.23. The molecule has 0 bridgehead atoms. The van der Waals surface area contributed by atoms with Crippen molar-refractivity contribution >= 4 is 33.2 Å². The molecule has 0 amide bonds. The van der Waals surface area contributed by atoms with Gasteiger partial charge in [-0.1, -0.05) is 24.9 Å². The Morgan fingerprint density at radius 1 is 1.50 bits per heavy atom. The highest BCUT2D eigenvalue weighted by Gasteiger charge is 2.21. The molecule has 2 nitrogen and oxygen atoms in total. The van der Waals surface area contributed by atoms with E-state index in [0.717, 1.165) is 23.0 Å². The van der Waals surface area contributed by atoms with Crippen LogP contribution in [0, 0.1) is 0 Å². The van der Waals surface area contributed by atoms with E-state index < -0.39 is 0 Å². The van der Waals surface area contributed by atoms with Crippen molar-refractivity contribution in [2.45, 2.75) is 32.2 Å². The summed E-state index contributed by atoms with van der Waals surface area (Å²) in [4.78, 5) is 0. The van der Waals surface area contributed by atoms with E-state index in [4.69, 9.17) is 11.6 Å². The molecular formula is C12H17BrClNO. The first-order valence-corrected chi connectivity index (χ1v) is 6.52. The highest BCUT2D eigenvalue weighted by molar-refractivity contribution is 9.10. The van der Waals surface area contributed by atoms with Crippen LogP contribution in [-0.4, -0.2) is 17.3 Å². The van der Waals surface area contributed by atoms with Gasteiger partial charge in [-0.2, -0.15) is 0 Å². The summed E-state index contributed by atoms with van der Waals surface area (Å²) in [6, 6.07) is 5.67. The van der Waals surface area contributed by atoms with E-state index in [-0.39, 0.29) is 12.1 Å². The fraction of sp³-hybridized carbons (Fsp3) is 0.500. The molecule has 0 fully saturated rings. The number of halogens is 2. The van der Waals surface area contributed by atoms with Crippen LogP contribution in [0.2, 0.25) is 5.02 Å². The number of aliphatic hydroxyl groups is 1. The van der Waals surface area contributed by atoms with Crippen molar-refractivity contribution in [2.24, 2.45) is 0 Å². The lowest BCUT2D eigenvalue weighted by atomic mass is 9.97. The van der Waals surface area contributed by atoms with Gasteiger partial charge in [0.05, 0.1) is 17.2 Å². The third-order valence-corrected chi connectivity index (χ3v) is 3.73. The van der Waals surface area contributed by atoms with E-state index >= 15 is 0 Å². The second-order valence-corrected chi connectivity index (χ2v) is 5.48. The Morgan fingerprint density at radius 2 is 2.19 bits per heavy atom. The Labute approximate surface area is 110 Å². The molecule has 2 N–H and O–H groups in total. The van der Waals surface area contributed by atoms with Gasteiger partial charge >= 0.3 is 0 Å². The fourth-order valence-electron chi connectivity index (χ4n) is 1.66. The van der Waals surface area contributed by atoms with Gasteiger partial charge in [0, 0.05) is 10.2 Å². The van der Waals surface area contributed by atoms with Crippen LogP contribution < -0.4 is 5.32 Å². The van der Waals surface area contributed by atoms with Crippen LogP contribution in [-0.2, 0) is 0 Å². The number of nitrogens with one attached hydrogen (secondary N) is 1. The van der Waals surface area contributed by atoms with Crippen LogP contribution >= 0.6 is 27.5 Å². The van der Waals surface area contributed by atoms with Crippen LogP contribution in [0.3, 0.4) is 0 Å². The van der Waals surface area contributed by atoms with E-state index in [0.29, 0.717) is 5.02 Å². The molecule has 1 unspecified atom stereocenters. The Kier molecular flexibility index (Phi) is 5.09. The SMILES string of the molecule is CCCC(C)(CO)Nc1ccc(Cl)c(Br)c1. The Morgan fingerprint density at radius 3 is 2.69 bits per heavy atom. The smallest absolute Gasteiger partial charge is 0.0658 e. The largest absolute Gasteiger partial charge is 0.394 e. The van der Waals surface area contributed by atoms with Gasteiger partial charge in [-0.05, 0) is 47.5 Å². The average molecular weight is 307 g/mol. The zero-order chi connectivity index (χ0) is 12.2. The third-order valence-electron chi connectivity index (χ3n) is 2.52. The van der Waals surface area contributed by atoms with E-state index in [1.165, 1.54) is 0 Å². The molecule has 0 aliphatic rings. The van der Waals surface area contributed by atoms with E-state index in [9.17, 15) is 5.11 Å². The van der Waals surface area contributed by atoms with Gasteiger partial charge in [0.2, 0.25) is 0 Å². The minimum Gasteiger partial charge on any atom is -0.394 e. The average Bonchev–Trinajstić information content (AvgIpc) is 2.24. The van der Waals surface area contributed by atoms with Gasteiger partial charge in [-0.25, -0.2) is 0 Å². The molecule has 0 aromatic heterocycles. The maximum absolute atomic E-state index is 9.40. The molecule has 0 heterocycles. The van der Waals surface area contributed by atoms with Crippen molar-refractivity contribution in [1.82, 2.24) is 0 Å². The summed E-state index contributed by atoms with van der Waals surface area (Å²) in [5.74, 6) is 0. The third kappa shape index (κ3) is 3.65. The lowest BCUT2D eigenvalue weighted by Crippen LogP contribution is -2.38. The normalized spacial score (nSPS) is 14.6. The van der Waals surface area contributed by atoms with Crippen molar-refractivity contribution in [3.63, 3.8) is 0 Å². The summed E-state index contributed by atoms with van der Waals surface area (Å²) in [5.41, 5.74) is 0.684. The van der Waals surface area contributed by atoms with Crippen LogP contribution in [0.5, 0.6) is 0 Å². The molecule has 0 radical (unpaired) electrons. The number of anilines is 1. The minimum atomic E-state index is -0.276. The molecule has 0 aliphatic heterocycles. The van der Waals surface area contributed by atoms with Crippen molar-refractivity contribution in [3.05, 3.63) is 27.7 Å². The first kappa shape index (κ1) is 13.8. The summed E-state index contributed by atoms with van der Waals surface area (Å²) in [5, 5.41) is 13.4. The van der Waals surface area contributed by atoms with E-state index in [1.54, 1.807) is 0 Å². The number of benzene rings is 1. The van der Waals surface area contributed by atoms with Crippen molar-refractivity contribution in [2.75, 3.05) is 11.9 Å². The quantitative estimate of drug-likeness (QED) is 0.859. The van der Waals surface area contributed by atoms with Crippen molar-refractivity contribution < 1.29 is 5.11 Å². The maximum atomic E-state index is 9.40. The van der Waals surface area contributed by atoms with Gasteiger partial charge < -0.3 is 10.4 Å². The maximum Gasteiger partial charge on any atom is 0.0658 e. The minimum absolute atomic E-state index is 0.112. The lowest BCUT2D eigenvalue weighted by molar-refractivity contribution is 0.214. The molecule has 1 aromatic rings. The monoisotopic (exact) mass is 305 g/mol. The van der Waals surface area contributed by atoms with Gasteiger partial charge in [0.25, 0.3) is 0 Å². The van der Waals surface area contributed by atoms with E-state index in [2.05, 4.69) is 28.2 Å². The highest BCUT2D eigenvalue weighted by atomic mass is 79.9. The number of hydrogen-bond donors (Lipinski definition) is 2. The first-order valence-electron chi connectivity index (χ1n) is 5.35. The second-order valence-electron chi connectivity index (χ2n) is 4.22. The van der Waals surface area contributed by atoms with Gasteiger partial charge in [0.1, 0.15) is 0 Å². The molecule has 0 spiro atoms. The Hall–Kier alpha value is -0.250. The zero-order valence-electron chi connectivity index (χ0n) is 9.56. The molecule has 1 aromatic carbocycles. The van der Waals surface area contributed by atoms with Crippen LogP contribution in [0.1, 0.15) is 26.7 Å². The number of hydrogen-bond acceptors (Lipinski definition) is 2. The lowest BCUT2D eigenvalue weighted by Gasteiger charge is -2.29. The van der Waals surface area contributed by atoms with Gasteiger partial charge in [-0.15, -0.1) is 0 Å².